The van der Waals surface area contributed by atoms with Crippen molar-refractivity contribution >= 4 is 21.3 Å². The zero-order valence-electron chi connectivity index (χ0n) is 14.1. The Bertz CT molecular complexity index is 530. The van der Waals surface area contributed by atoms with Gasteiger partial charge in [-0.3, -0.25) is 4.55 Å². The Labute approximate surface area is 154 Å². The van der Waals surface area contributed by atoms with Crippen LogP contribution in [-0.4, -0.2) is 115 Å². The van der Waals surface area contributed by atoms with E-state index in [0.29, 0.717) is 0 Å². The molecular formula is C13H27O11S2+. The lowest BCUT2D eigenvalue weighted by atomic mass is 9.99. The quantitative estimate of drug-likeness (QED) is 0.125. The minimum atomic E-state index is -5.11. The second-order valence-electron chi connectivity index (χ2n) is 6.16. The summed E-state index contributed by atoms with van der Waals surface area (Å²) in [5.74, 6) is -0.260. The van der Waals surface area contributed by atoms with E-state index in [2.05, 4.69) is 4.18 Å². The Hall–Kier alpha value is -0.0600. The Morgan fingerprint density at radius 1 is 1.12 bits per heavy atom. The van der Waals surface area contributed by atoms with Crippen LogP contribution in [0.25, 0.3) is 0 Å². The largest absolute Gasteiger partial charge is 0.397 e. The molecule has 1 aliphatic heterocycles. The van der Waals surface area contributed by atoms with Crippen molar-refractivity contribution in [2.75, 3.05) is 18.1 Å². The zero-order valence-corrected chi connectivity index (χ0v) is 15.7. The monoisotopic (exact) mass is 423 g/mol. The number of aliphatic hydroxyl groups excluding tert-OH is 7. The molecule has 0 aliphatic carbocycles. The molecule has 0 aromatic rings. The SMILES string of the molecule is CC[C@H](O)[C@@H](O)[C@@H](O)C(OS(=O)(=O)O)[C@H](O)C[S+]1C[C@@H](O)[C@H](O)[C@H]1CO. The first-order valence-corrected chi connectivity index (χ1v) is 10.9. The molecule has 0 radical (unpaired) electrons. The van der Waals surface area contributed by atoms with Gasteiger partial charge in [0.2, 0.25) is 0 Å². The van der Waals surface area contributed by atoms with E-state index in [1.165, 1.54) is 6.92 Å². The lowest BCUT2D eigenvalue weighted by molar-refractivity contribution is -0.122. The molecule has 1 fully saturated rings. The van der Waals surface area contributed by atoms with Crippen LogP contribution >= 0.6 is 0 Å². The van der Waals surface area contributed by atoms with Crippen molar-refractivity contribution in [1.82, 2.24) is 0 Å². The van der Waals surface area contributed by atoms with Gasteiger partial charge in [0.15, 0.2) is 5.25 Å². The van der Waals surface area contributed by atoms with Crippen LogP contribution in [0.4, 0.5) is 0 Å². The molecule has 0 amide bonds. The molecule has 2 unspecified atom stereocenters. The topological polar surface area (TPSA) is 205 Å². The third kappa shape index (κ3) is 6.24. The first kappa shape index (κ1) is 24.0. The van der Waals surface area contributed by atoms with Gasteiger partial charge in [-0.1, -0.05) is 6.92 Å². The van der Waals surface area contributed by atoms with Gasteiger partial charge in [0.25, 0.3) is 0 Å². The first-order chi connectivity index (χ1) is 11.9. The molecule has 0 bridgehead atoms. The summed E-state index contributed by atoms with van der Waals surface area (Å²) in [6, 6.07) is 0. The number of rotatable bonds is 10. The van der Waals surface area contributed by atoms with E-state index >= 15 is 0 Å². The Kier molecular flexibility index (Phi) is 9.16. The molecule has 8 N–H and O–H groups in total. The number of aliphatic hydroxyl groups is 7. The van der Waals surface area contributed by atoms with E-state index < -0.39 is 75.9 Å². The molecule has 1 rings (SSSR count). The maximum absolute atomic E-state index is 11.0. The highest BCUT2D eigenvalue weighted by Crippen LogP contribution is 2.26. The van der Waals surface area contributed by atoms with Crippen LogP contribution in [-0.2, 0) is 25.5 Å². The molecule has 0 aromatic heterocycles. The van der Waals surface area contributed by atoms with Gasteiger partial charge in [-0.2, -0.15) is 8.42 Å². The zero-order chi connectivity index (χ0) is 20.2. The molecule has 11 nitrogen and oxygen atoms in total. The summed E-state index contributed by atoms with van der Waals surface area (Å²) in [6.07, 6.45) is -11.5. The van der Waals surface area contributed by atoms with Crippen LogP contribution < -0.4 is 0 Å². The summed E-state index contributed by atoms with van der Waals surface area (Å²) in [5, 5.41) is 67.9. The minimum absolute atomic E-state index is 0.0161. The van der Waals surface area contributed by atoms with Crippen molar-refractivity contribution in [1.29, 1.82) is 0 Å². The number of hydrogen-bond donors (Lipinski definition) is 8. The van der Waals surface area contributed by atoms with Crippen LogP contribution in [0.3, 0.4) is 0 Å². The van der Waals surface area contributed by atoms with Crippen molar-refractivity contribution in [3.05, 3.63) is 0 Å². The van der Waals surface area contributed by atoms with Crippen LogP contribution in [0.15, 0.2) is 0 Å². The summed E-state index contributed by atoms with van der Waals surface area (Å²) in [7, 11) is -6.07. The van der Waals surface area contributed by atoms with E-state index in [1.807, 2.05) is 0 Å². The Morgan fingerprint density at radius 2 is 1.69 bits per heavy atom. The Balaban J connectivity index is 2.95. The average molecular weight is 423 g/mol. The van der Waals surface area contributed by atoms with Gasteiger partial charge in [-0.05, 0) is 6.42 Å². The van der Waals surface area contributed by atoms with E-state index in [-0.39, 0.29) is 17.9 Å². The maximum atomic E-state index is 11.0. The van der Waals surface area contributed by atoms with Crippen molar-refractivity contribution in [3.63, 3.8) is 0 Å². The van der Waals surface area contributed by atoms with E-state index in [4.69, 9.17) is 4.55 Å². The highest BCUT2D eigenvalue weighted by Gasteiger charge is 2.51. The summed E-state index contributed by atoms with van der Waals surface area (Å²) in [6.45, 7) is 1.00. The van der Waals surface area contributed by atoms with Crippen LogP contribution in [0.5, 0.6) is 0 Å². The molecule has 0 spiro atoms. The molecule has 1 heterocycles. The smallest absolute Gasteiger partial charge is 0.391 e. The van der Waals surface area contributed by atoms with E-state index in [9.17, 15) is 44.2 Å². The van der Waals surface area contributed by atoms with Gasteiger partial charge < -0.3 is 35.7 Å². The minimum Gasteiger partial charge on any atom is -0.391 e. The second kappa shape index (κ2) is 9.93. The molecule has 156 valence electrons. The summed E-state index contributed by atoms with van der Waals surface area (Å²) in [4.78, 5) is 0. The molecule has 1 saturated heterocycles. The van der Waals surface area contributed by atoms with Gasteiger partial charge in [0.1, 0.15) is 48.1 Å². The average Bonchev–Trinajstić information content (AvgIpc) is 2.82. The molecule has 9 atom stereocenters. The highest BCUT2D eigenvalue weighted by atomic mass is 32.3. The van der Waals surface area contributed by atoms with Crippen LogP contribution in [0, 0.1) is 0 Å². The molecule has 13 heteroatoms. The van der Waals surface area contributed by atoms with Crippen molar-refractivity contribution in [2.45, 2.75) is 61.3 Å². The fourth-order valence-corrected chi connectivity index (χ4v) is 5.96. The lowest BCUT2D eigenvalue weighted by Gasteiger charge is -2.30. The first-order valence-electron chi connectivity index (χ1n) is 7.94. The third-order valence-corrected chi connectivity index (χ3v) is 7.55. The van der Waals surface area contributed by atoms with Gasteiger partial charge in [-0.25, -0.2) is 4.18 Å². The van der Waals surface area contributed by atoms with Crippen molar-refractivity contribution < 1.29 is 52.9 Å². The molecule has 0 aromatic carbocycles. The maximum Gasteiger partial charge on any atom is 0.397 e. The van der Waals surface area contributed by atoms with E-state index in [1.54, 1.807) is 0 Å². The normalized spacial score (nSPS) is 32.8. The lowest BCUT2D eigenvalue weighted by Crippen LogP contribution is -2.53. The predicted molar refractivity (Wildman–Crippen MR) is 90.7 cm³/mol. The van der Waals surface area contributed by atoms with Gasteiger partial charge in [0, 0.05) is 10.9 Å². The fraction of sp³-hybridized carbons (Fsp3) is 1.00. The molecular weight excluding hydrogens is 396 g/mol. The fourth-order valence-electron chi connectivity index (χ4n) is 2.76. The predicted octanol–water partition coefficient (Wildman–Crippen LogP) is -4.26. The van der Waals surface area contributed by atoms with Gasteiger partial charge in [0.05, 0.1) is 12.7 Å². The number of hydrogen-bond acceptors (Lipinski definition) is 10. The molecule has 0 saturated carbocycles. The van der Waals surface area contributed by atoms with Crippen LogP contribution in [0.2, 0.25) is 0 Å². The summed E-state index contributed by atoms with van der Waals surface area (Å²) >= 11 is 0. The Morgan fingerprint density at radius 3 is 2.15 bits per heavy atom. The molecule has 1 aliphatic rings. The van der Waals surface area contributed by atoms with Crippen molar-refractivity contribution in [2.24, 2.45) is 0 Å². The summed E-state index contributed by atoms with van der Waals surface area (Å²) < 4.78 is 35.2. The molecule has 26 heavy (non-hydrogen) atoms. The van der Waals surface area contributed by atoms with Gasteiger partial charge in [-0.15, -0.1) is 0 Å². The van der Waals surface area contributed by atoms with E-state index in [0.717, 1.165) is 0 Å². The highest BCUT2D eigenvalue weighted by molar-refractivity contribution is 7.97. The third-order valence-electron chi connectivity index (χ3n) is 4.26. The van der Waals surface area contributed by atoms with Gasteiger partial charge >= 0.3 is 10.4 Å². The van der Waals surface area contributed by atoms with Crippen LogP contribution in [0.1, 0.15) is 13.3 Å². The standard InChI is InChI=1S/C13H26O11S2/c1-2-6(15)11(19)12(20)13(24-26(21,22)23)8(17)5-25-4-7(16)10(18)9(25)3-14/h6-20H,2-5H2,1H3/p+1/t6-,7+,8+,9+,10-,11+,12+,13?,25?/m0/s1. The van der Waals surface area contributed by atoms with Crippen molar-refractivity contribution in [3.8, 4) is 0 Å². The second-order valence-corrected chi connectivity index (χ2v) is 9.56. The summed E-state index contributed by atoms with van der Waals surface area (Å²) in [5.41, 5.74) is 0.